The van der Waals surface area contributed by atoms with Gasteiger partial charge in [0, 0.05) is 19.0 Å². The third-order valence-electron chi connectivity index (χ3n) is 3.92. The predicted molar refractivity (Wildman–Crippen MR) is 75.7 cm³/mol. The van der Waals surface area contributed by atoms with Crippen molar-refractivity contribution in [3.8, 4) is 0 Å². The molecule has 1 N–H and O–H groups in total. The van der Waals surface area contributed by atoms with E-state index in [1.165, 1.54) is 6.07 Å². The Balaban J connectivity index is 1.90. The number of nitrogens with zero attached hydrogens (tertiary/aromatic N) is 1. The number of aryl methyl sites for hydroxylation is 1. The van der Waals surface area contributed by atoms with Crippen LogP contribution in [0.1, 0.15) is 38.2 Å². The van der Waals surface area contributed by atoms with E-state index in [9.17, 15) is 18.7 Å². The van der Waals surface area contributed by atoms with Crippen molar-refractivity contribution >= 4 is 5.91 Å². The van der Waals surface area contributed by atoms with Gasteiger partial charge in [0.15, 0.2) is 11.6 Å². The molecule has 1 aliphatic heterocycles. The van der Waals surface area contributed by atoms with Crippen LogP contribution >= 0.6 is 0 Å². The largest absolute Gasteiger partial charge is 0.393 e. The average Bonchev–Trinajstić information content (AvgIpc) is 2.87. The van der Waals surface area contributed by atoms with Crippen molar-refractivity contribution in [1.82, 2.24) is 4.90 Å². The zero-order valence-electron chi connectivity index (χ0n) is 12.2. The Kier molecular flexibility index (Phi) is 5.28. The van der Waals surface area contributed by atoms with E-state index in [0.717, 1.165) is 25.0 Å². The Bertz CT molecular complexity index is 505. The first-order chi connectivity index (χ1) is 9.97. The van der Waals surface area contributed by atoms with E-state index in [4.69, 9.17) is 0 Å². The quantitative estimate of drug-likeness (QED) is 0.907. The summed E-state index contributed by atoms with van der Waals surface area (Å²) in [5, 5.41) is 9.46. The van der Waals surface area contributed by atoms with Crippen LogP contribution in [-0.4, -0.2) is 34.6 Å². The molecule has 0 aromatic heterocycles. The van der Waals surface area contributed by atoms with Gasteiger partial charge in [-0.25, -0.2) is 8.78 Å². The van der Waals surface area contributed by atoms with E-state index >= 15 is 0 Å². The third kappa shape index (κ3) is 4.24. The third-order valence-corrected chi connectivity index (χ3v) is 3.92. The minimum atomic E-state index is -0.881. The second kappa shape index (κ2) is 6.98. The fourth-order valence-corrected chi connectivity index (χ4v) is 2.89. The molecule has 1 saturated heterocycles. The van der Waals surface area contributed by atoms with E-state index in [2.05, 4.69) is 0 Å². The molecule has 2 atom stereocenters. The number of amides is 1. The number of aliphatic hydroxyl groups excluding tert-OH is 1. The van der Waals surface area contributed by atoms with Crippen molar-refractivity contribution in [1.29, 1.82) is 0 Å². The predicted octanol–water partition coefficient (Wildman–Crippen LogP) is 2.66. The second-order valence-corrected chi connectivity index (χ2v) is 5.72. The van der Waals surface area contributed by atoms with Crippen LogP contribution in [0.15, 0.2) is 18.2 Å². The fourth-order valence-electron chi connectivity index (χ4n) is 2.89. The molecule has 1 fully saturated rings. The van der Waals surface area contributed by atoms with Crippen LogP contribution in [0.2, 0.25) is 0 Å². The maximum atomic E-state index is 13.1. The summed E-state index contributed by atoms with van der Waals surface area (Å²) in [6.07, 6.45) is 2.72. The molecule has 116 valence electrons. The lowest BCUT2D eigenvalue weighted by atomic mass is 10.1. The first kappa shape index (κ1) is 15.9. The van der Waals surface area contributed by atoms with Gasteiger partial charge in [0.1, 0.15) is 0 Å². The highest BCUT2D eigenvalue weighted by atomic mass is 19.2. The molecule has 1 aromatic rings. The van der Waals surface area contributed by atoms with Crippen molar-refractivity contribution in [2.75, 3.05) is 6.54 Å². The number of aliphatic hydroxyl groups is 1. The standard InChI is InChI=1S/C16H21F2NO2/c1-11(20)9-13-3-2-8-19(13)16(21)7-5-12-4-6-14(17)15(18)10-12/h4,6,10-11,13,20H,2-3,5,7-9H2,1H3. The highest BCUT2D eigenvalue weighted by Crippen LogP contribution is 2.23. The van der Waals surface area contributed by atoms with Gasteiger partial charge in [-0.15, -0.1) is 0 Å². The maximum Gasteiger partial charge on any atom is 0.223 e. The molecule has 1 aliphatic rings. The molecule has 0 radical (unpaired) electrons. The van der Waals surface area contributed by atoms with Crippen molar-refractivity contribution in [3.05, 3.63) is 35.4 Å². The normalized spacial score (nSPS) is 19.8. The molecule has 0 bridgehead atoms. The van der Waals surface area contributed by atoms with Gasteiger partial charge in [-0.2, -0.15) is 0 Å². The SMILES string of the molecule is CC(O)CC1CCCN1C(=O)CCc1ccc(F)c(F)c1. The molecule has 0 spiro atoms. The number of hydrogen-bond donors (Lipinski definition) is 1. The number of halogens is 2. The lowest BCUT2D eigenvalue weighted by Crippen LogP contribution is -2.37. The fraction of sp³-hybridized carbons (Fsp3) is 0.562. The molecule has 1 heterocycles. The van der Waals surface area contributed by atoms with Crippen LogP contribution in [0.4, 0.5) is 8.78 Å². The Morgan fingerprint density at radius 3 is 2.86 bits per heavy atom. The summed E-state index contributed by atoms with van der Waals surface area (Å²) < 4.78 is 26.0. The molecule has 21 heavy (non-hydrogen) atoms. The number of benzene rings is 1. The molecule has 1 aromatic carbocycles. The summed E-state index contributed by atoms with van der Waals surface area (Å²) in [4.78, 5) is 14.1. The number of hydrogen-bond acceptors (Lipinski definition) is 2. The molecule has 0 saturated carbocycles. The lowest BCUT2D eigenvalue weighted by molar-refractivity contribution is -0.132. The first-order valence-electron chi connectivity index (χ1n) is 7.39. The summed E-state index contributed by atoms with van der Waals surface area (Å²) >= 11 is 0. The smallest absolute Gasteiger partial charge is 0.223 e. The van der Waals surface area contributed by atoms with E-state index in [1.54, 1.807) is 6.92 Å². The minimum absolute atomic E-state index is 0.0166. The summed E-state index contributed by atoms with van der Waals surface area (Å²) in [6, 6.07) is 3.83. The Morgan fingerprint density at radius 1 is 1.43 bits per heavy atom. The lowest BCUT2D eigenvalue weighted by Gasteiger charge is -2.25. The van der Waals surface area contributed by atoms with E-state index in [1.807, 2.05) is 4.90 Å². The maximum absolute atomic E-state index is 13.1. The van der Waals surface area contributed by atoms with Gasteiger partial charge >= 0.3 is 0 Å². The highest BCUT2D eigenvalue weighted by Gasteiger charge is 2.29. The van der Waals surface area contributed by atoms with Gasteiger partial charge in [-0.05, 0) is 50.3 Å². The summed E-state index contributed by atoms with van der Waals surface area (Å²) in [6.45, 7) is 2.44. The molecule has 2 unspecified atom stereocenters. The number of likely N-dealkylation sites (tertiary alicyclic amines) is 1. The molecule has 0 aliphatic carbocycles. The Morgan fingerprint density at radius 2 is 2.19 bits per heavy atom. The molecule has 5 heteroatoms. The van der Waals surface area contributed by atoms with Gasteiger partial charge in [0.25, 0.3) is 0 Å². The molecular weight excluding hydrogens is 276 g/mol. The van der Waals surface area contributed by atoms with Crippen molar-refractivity contribution in [3.63, 3.8) is 0 Å². The van der Waals surface area contributed by atoms with Crippen LogP contribution in [0, 0.1) is 11.6 Å². The van der Waals surface area contributed by atoms with Crippen LogP contribution in [0.25, 0.3) is 0 Å². The number of rotatable bonds is 5. The molecule has 3 nitrogen and oxygen atoms in total. The summed E-state index contributed by atoms with van der Waals surface area (Å²) in [7, 11) is 0. The molecule has 1 amide bonds. The van der Waals surface area contributed by atoms with Crippen molar-refractivity contribution in [2.24, 2.45) is 0 Å². The van der Waals surface area contributed by atoms with Gasteiger partial charge in [-0.3, -0.25) is 4.79 Å². The second-order valence-electron chi connectivity index (χ2n) is 5.72. The number of carbonyl (C=O) groups is 1. The zero-order valence-corrected chi connectivity index (χ0v) is 12.2. The van der Waals surface area contributed by atoms with Gasteiger partial charge in [0.05, 0.1) is 6.10 Å². The number of carbonyl (C=O) groups excluding carboxylic acids is 1. The van der Waals surface area contributed by atoms with E-state index < -0.39 is 17.7 Å². The van der Waals surface area contributed by atoms with Crippen LogP contribution in [0.5, 0.6) is 0 Å². The van der Waals surface area contributed by atoms with E-state index in [-0.39, 0.29) is 18.4 Å². The monoisotopic (exact) mass is 297 g/mol. The van der Waals surface area contributed by atoms with Crippen LogP contribution < -0.4 is 0 Å². The molecule has 2 rings (SSSR count). The zero-order chi connectivity index (χ0) is 15.4. The van der Waals surface area contributed by atoms with Gasteiger partial charge < -0.3 is 10.0 Å². The minimum Gasteiger partial charge on any atom is -0.393 e. The topological polar surface area (TPSA) is 40.5 Å². The van der Waals surface area contributed by atoms with E-state index in [0.29, 0.717) is 24.9 Å². The Hall–Kier alpha value is -1.49. The first-order valence-corrected chi connectivity index (χ1v) is 7.39. The van der Waals surface area contributed by atoms with Crippen molar-refractivity contribution in [2.45, 2.75) is 51.2 Å². The van der Waals surface area contributed by atoms with Crippen LogP contribution in [0.3, 0.4) is 0 Å². The Labute approximate surface area is 123 Å². The van der Waals surface area contributed by atoms with Crippen molar-refractivity contribution < 1.29 is 18.7 Å². The summed E-state index contributed by atoms with van der Waals surface area (Å²) in [5.41, 5.74) is 0.619. The molecular formula is C16H21F2NO2. The highest BCUT2D eigenvalue weighted by molar-refractivity contribution is 5.77. The van der Waals surface area contributed by atoms with Gasteiger partial charge in [0.2, 0.25) is 5.91 Å². The van der Waals surface area contributed by atoms with Gasteiger partial charge in [-0.1, -0.05) is 6.07 Å². The summed E-state index contributed by atoms with van der Waals surface area (Å²) in [5.74, 6) is -1.74. The van der Waals surface area contributed by atoms with Crippen LogP contribution in [-0.2, 0) is 11.2 Å². The average molecular weight is 297 g/mol.